The third-order valence-corrected chi connectivity index (χ3v) is 3.79. The summed E-state index contributed by atoms with van der Waals surface area (Å²) in [6.07, 6.45) is 6.86. The maximum Gasteiger partial charge on any atom is 0.0946 e. The van der Waals surface area contributed by atoms with Gasteiger partial charge in [-0.05, 0) is 29.3 Å². The lowest BCUT2D eigenvalue weighted by Gasteiger charge is -2.21. The van der Waals surface area contributed by atoms with Crippen LogP contribution < -0.4 is 5.32 Å². The monoisotopic (exact) mass is 279 g/mol. The molecule has 0 fully saturated rings. The minimum Gasteiger partial charge on any atom is -0.336 e. The Morgan fingerprint density at radius 2 is 2.00 bits per heavy atom. The summed E-state index contributed by atoms with van der Waals surface area (Å²) >= 11 is 0. The van der Waals surface area contributed by atoms with Gasteiger partial charge in [-0.2, -0.15) is 0 Å². The van der Waals surface area contributed by atoms with Crippen LogP contribution in [0.1, 0.15) is 24.9 Å². The first kappa shape index (κ1) is 13.8. The molecule has 0 amide bonds. The van der Waals surface area contributed by atoms with Crippen molar-refractivity contribution in [1.82, 2.24) is 14.9 Å². The predicted octanol–water partition coefficient (Wildman–Crippen LogP) is 3.78. The summed E-state index contributed by atoms with van der Waals surface area (Å²) in [7, 11) is 0. The van der Waals surface area contributed by atoms with Gasteiger partial charge in [0.2, 0.25) is 0 Å². The van der Waals surface area contributed by atoms with Gasteiger partial charge >= 0.3 is 0 Å². The van der Waals surface area contributed by atoms with Crippen LogP contribution in [-0.4, -0.2) is 16.1 Å². The summed E-state index contributed by atoms with van der Waals surface area (Å²) in [5.41, 5.74) is 1.36. The van der Waals surface area contributed by atoms with Crippen molar-refractivity contribution >= 4 is 10.8 Å². The fraction of sp³-hybridized carbons (Fsp3) is 0.278. The lowest BCUT2D eigenvalue weighted by molar-refractivity contribution is 0.465. The highest BCUT2D eigenvalue weighted by atomic mass is 15.1. The maximum atomic E-state index is 4.15. The van der Waals surface area contributed by atoms with E-state index in [1.807, 2.05) is 18.7 Å². The van der Waals surface area contributed by atoms with E-state index in [2.05, 4.69) is 64.3 Å². The number of aromatic nitrogens is 2. The van der Waals surface area contributed by atoms with Crippen LogP contribution in [0.25, 0.3) is 10.8 Å². The van der Waals surface area contributed by atoms with Gasteiger partial charge in [0.05, 0.1) is 12.4 Å². The zero-order valence-corrected chi connectivity index (χ0v) is 12.4. The van der Waals surface area contributed by atoms with Crippen molar-refractivity contribution < 1.29 is 0 Å². The minimum absolute atomic E-state index is 0.297. The second-order valence-electron chi connectivity index (χ2n) is 5.33. The van der Waals surface area contributed by atoms with Crippen LogP contribution in [0, 0.1) is 0 Å². The molecule has 1 heterocycles. The van der Waals surface area contributed by atoms with Crippen molar-refractivity contribution in [1.29, 1.82) is 0 Å². The largest absolute Gasteiger partial charge is 0.336 e. The molecular weight excluding hydrogens is 258 g/mol. The van der Waals surface area contributed by atoms with Gasteiger partial charge in [0, 0.05) is 18.9 Å². The molecule has 0 radical (unpaired) electrons. The van der Waals surface area contributed by atoms with Gasteiger partial charge in [0.15, 0.2) is 0 Å². The highest BCUT2D eigenvalue weighted by Gasteiger charge is 2.14. The molecule has 0 spiro atoms. The summed E-state index contributed by atoms with van der Waals surface area (Å²) < 4.78 is 2.13. The molecule has 2 aromatic carbocycles. The first-order chi connectivity index (χ1) is 10.4. The highest BCUT2D eigenvalue weighted by molar-refractivity contribution is 5.86. The summed E-state index contributed by atoms with van der Waals surface area (Å²) in [5.74, 6) is 0. The second kappa shape index (κ2) is 6.55. The van der Waals surface area contributed by atoms with E-state index in [4.69, 9.17) is 0 Å². The average molecular weight is 279 g/mol. The van der Waals surface area contributed by atoms with E-state index in [0.29, 0.717) is 6.04 Å². The zero-order valence-electron chi connectivity index (χ0n) is 12.4. The number of hydrogen-bond donors (Lipinski definition) is 1. The number of rotatable bonds is 6. The summed E-state index contributed by atoms with van der Waals surface area (Å²) in [4.78, 5) is 4.15. The van der Waals surface area contributed by atoms with Crippen LogP contribution in [0.5, 0.6) is 0 Å². The normalized spacial score (nSPS) is 12.6. The summed E-state index contributed by atoms with van der Waals surface area (Å²) in [6, 6.07) is 15.4. The second-order valence-corrected chi connectivity index (χ2v) is 5.33. The van der Waals surface area contributed by atoms with E-state index in [9.17, 15) is 0 Å². The number of imidazole rings is 1. The Kier molecular flexibility index (Phi) is 4.31. The zero-order chi connectivity index (χ0) is 14.5. The van der Waals surface area contributed by atoms with Gasteiger partial charge in [-0.25, -0.2) is 4.98 Å². The molecule has 3 heteroatoms. The molecule has 0 saturated carbocycles. The number of hydrogen-bond acceptors (Lipinski definition) is 2. The van der Waals surface area contributed by atoms with E-state index < -0.39 is 0 Å². The highest BCUT2D eigenvalue weighted by Crippen LogP contribution is 2.25. The SMILES string of the molecule is CCCNC(Cn1ccnc1)c1cccc2ccccc12. The molecule has 0 aliphatic rings. The molecular formula is C18H21N3. The van der Waals surface area contributed by atoms with E-state index >= 15 is 0 Å². The van der Waals surface area contributed by atoms with Crippen molar-refractivity contribution in [3.05, 3.63) is 66.7 Å². The van der Waals surface area contributed by atoms with Crippen LogP contribution in [0.15, 0.2) is 61.2 Å². The Bertz CT molecular complexity index is 683. The van der Waals surface area contributed by atoms with Gasteiger partial charge in [-0.15, -0.1) is 0 Å². The number of fused-ring (bicyclic) bond motifs is 1. The molecule has 108 valence electrons. The van der Waals surface area contributed by atoms with E-state index in [1.165, 1.54) is 16.3 Å². The van der Waals surface area contributed by atoms with Crippen LogP contribution in [0.4, 0.5) is 0 Å². The molecule has 0 bridgehead atoms. The quantitative estimate of drug-likeness (QED) is 0.744. The van der Waals surface area contributed by atoms with E-state index in [1.54, 1.807) is 0 Å². The lowest BCUT2D eigenvalue weighted by atomic mass is 9.98. The Morgan fingerprint density at radius 1 is 1.14 bits per heavy atom. The van der Waals surface area contributed by atoms with E-state index in [-0.39, 0.29) is 0 Å². The Morgan fingerprint density at radius 3 is 2.81 bits per heavy atom. The molecule has 0 aliphatic heterocycles. The predicted molar refractivity (Wildman–Crippen MR) is 87.2 cm³/mol. The maximum absolute atomic E-state index is 4.15. The molecule has 3 aromatic rings. The van der Waals surface area contributed by atoms with Gasteiger partial charge < -0.3 is 9.88 Å². The van der Waals surface area contributed by atoms with Crippen molar-refractivity contribution in [3.8, 4) is 0 Å². The van der Waals surface area contributed by atoms with Crippen molar-refractivity contribution in [3.63, 3.8) is 0 Å². The van der Waals surface area contributed by atoms with Gasteiger partial charge in [-0.1, -0.05) is 49.4 Å². The Labute approximate surface area is 125 Å². The van der Waals surface area contributed by atoms with Crippen molar-refractivity contribution in [2.45, 2.75) is 25.9 Å². The molecule has 3 rings (SSSR count). The van der Waals surface area contributed by atoms with E-state index in [0.717, 1.165) is 19.5 Å². The first-order valence-electron chi connectivity index (χ1n) is 7.55. The topological polar surface area (TPSA) is 29.9 Å². The minimum atomic E-state index is 0.297. The third-order valence-electron chi connectivity index (χ3n) is 3.79. The Hall–Kier alpha value is -2.13. The smallest absolute Gasteiger partial charge is 0.0946 e. The fourth-order valence-corrected chi connectivity index (χ4v) is 2.75. The fourth-order valence-electron chi connectivity index (χ4n) is 2.75. The van der Waals surface area contributed by atoms with Gasteiger partial charge in [-0.3, -0.25) is 0 Å². The lowest BCUT2D eigenvalue weighted by Crippen LogP contribution is -2.26. The molecule has 0 aliphatic carbocycles. The van der Waals surface area contributed by atoms with Gasteiger partial charge in [0.1, 0.15) is 0 Å². The van der Waals surface area contributed by atoms with Crippen molar-refractivity contribution in [2.75, 3.05) is 6.54 Å². The molecule has 3 nitrogen and oxygen atoms in total. The average Bonchev–Trinajstić information content (AvgIpc) is 3.04. The number of nitrogens with zero attached hydrogens (tertiary/aromatic N) is 2. The summed E-state index contributed by atoms with van der Waals surface area (Å²) in [5, 5.41) is 6.29. The summed E-state index contributed by atoms with van der Waals surface area (Å²) in [6.45, 7) is 4.11. The standard InChI is InChI=1S/C18H21N3/c1-2-10-20-18(13-21-12-11-19-14-21)17-9-5-7-15-6-3-4-8-16(15)17/h3-9,11-12,14,18,20H,2,10,13H2,1H3. The molecule has 1 atom stereocenters. The van der Waals surface area contributed by atoms with Crippen LogP contribution >= 0.6 is 0 Å². The molecule has 1 N–H and O–H groups in total. The molecule has 21 heavy (non-hydrogen) atoms. The molecule has 1 unspecified atom stereocenters. The molecule has 0 saturated heterocycles. The van der Waals surface area contributed by atoms with Crippen LogP contribution in [0.3, 0.4) is 0 Å². The number of benzene rings is 2. The first-order valence-corrected chi connectivity index (χ1v) is 7.55. The van der Waals surface area contributed by atoms with Crippen LogP contribution in [-0.2, 0) is 6.54 Å². The van der Waals surface area contributed by atoms with Crippen LogP contribution in [0.2, 0.25) is 0 Å². The third kappa shape index (κ3) is 3.14. The Balaban J connectivity index is 1.97. The van der Waals surface area contributed by atoms with Gasteiger partial charge in [0.25, 0.3) is 0 Å². The van der Waals surface area contributed by atoms with Crippen molar-refractivity contribution in [2.24, 2.45) is 0 Å². The number of nitrogens with one attached hydrogen (secondary N) is 1. The molecule has 1 aromatic heterocycles.